The van der Waals surface area contributed by atoms with Gasteiger partial charge in [0.25, 0.3) is 0 Å². The van der Waals surface area contributed by atoms with Crippen LogP contribution in [0, 0.1) is 0 Å². The number of sulfone groups is 1. The zero-order valence-corrected chi connectivity index (χ0v) is 20.5. The number of hydrogen-bond acceptors (Lipinski definition) is 9. The predicted octanol–water partition coefficient (Wildman–Crippen LogP) is -0.365. The number of hydrogen-bond donors (Lipinski definition) is 2. The second kappa shape index (κ2) is 9.93. The molecule has 0 unspecified atom stereocenters. The minimum absolute atomic E-state index is 0. The Hall–Kier alpha value is -1.22. The van der Waals surface area contributed by atoms with E-state index < -0.39 is 43.0 Å². The van der Waals surface area contributed by atoms with Crippen molar-refractivity contribution in [3.63, 3.8) is 0 Å². The van der Waals surface area contributed by atoms with Gasteiger partial charge in [-0.25, -0.2) is 16.8 Å². The number of phenols is 1. The van der Waals surface area contributed by atoms with Gasteiger partial charge < -0.3 is 14.8 Å². The van der Waals surface area contributed by atoms with E-state index in [0.29, 0.717) is 5.39 Å². The summed E-state index contributed by atoms with van der Waals surface area (Å²) in [5, 5.41) is 27.4. The monoisotopic (exact) mass is 474 g/mol. The summed E-state index contributed by atoms with van der Waals surface area (Å²) in [6.07, 6.45) is 0. The summed E-state index contributed by atoms with van der Waals surface area (Å²) in [4.78, 5) is -0.795. The number of azo groups is 1. The average Bonchev–Trinajstić information content (AvgIpc) is 2.67. The molecule has 3 rings (SSSR count). The molecule has 0 bridgehead atoms. The molecule has 3 aromatic rings. The van der Waals surface area contributed by atoms with Crippen molar-refractivity contribution in [2.24, 2.45) is 10.2 Å². The Morgan fingerprint density at radius 3 is 2.07 bits per heavy atom. The van der Waals surface area contributed by atoms with Gasteiger partial charge in [-0.15, -0.1) is 5.11 Å². The van der Waals surface area contributed by atoms with Gasteiger partial charge in [-0.1, -0.05) is 24.3 Å². The second-order valence-corrected chi connectivity index (χ2v) is 9.44. The van der Waals surface area contributed by atoms with Crippen LogP contribution >= 0.6 is 0 Å². The summed E-state index contributed by atoms with van der Waals surface area (Å²) in [7, 11) is -8.55. The van der Waals surface area contributed by atoms with Gasteiger partial charge in [0.05, 0.1) is 33.5 Å². The van der Waals surface area contributed by atoms with Crippen molar-refractivity contribution < 1.29 is 83.0 Å². The van der Waals surface area contributed by atoms with E-state index in [1.807, 2.05) is 0 Å². The SMILES string of the molecule is O=S(=O)([O-])c1cc(/N=N/c2ccc(S(=O)(=O)CCO)cc2)c2ccccc2c1O.[K+]. The van der Waals surface area contributed by atoms with Crippen molar-refractivity contribution in [3.8, 4) is 5.75 Å². The predicted molar refractivity (Wildman–Crippen MR) is 103 cm³/mol. The maximum absolute atomic E-state index is 11.9. The van der Waals surface area contributed by atoms with Gasteiger partial charge in [0.2, 0.25) is 0 Å². The fourth-order valence-electron chi connectivity index (χ4n) is 2.66. The minimum Gasteiger partial charge on any atom is -0.744 e. The molecule has 152 valence electrons. The number of aliphatic hydroxyl groups excluding tert-OH is 1. The molecule has 3 aromatic carbocycles. The fourth-order valence-corrected chi connectivity index (χ4v) is 4.29. The van der Waals surface area contributed by atoms with E-state index in [1.165, 1.54) is 30.3 Å². The van der Waals surface area contributed by atoms with Crippen molar-refractivity contribution >= 4 is 42.1 Å². The number of fused-ring (bicyclic) bond motifs is 1. The standard InChI is InChI=1S/C18H16N2O7S2.K/c21-9-10-28(23,24)13-7-5-12(6-8-13)19-20-16-11-17(29(25,26)27)18(22)15-4-2-1-3-14(15)16;/h1-8,11,21-22H,9-10H2,(H,25,26,27);/q;+1/p-1/b20-19+;. The smallest absolute Gasteiger partial charge is 0.744 e. The number of aromatic hydroxyl groups is 1. The molecule has 12 heteroatoms. The zero-order chi connectivity index (χ0) is 21.2. The zero-order valence-electron chi connectivity index (χ0n) is 15.8. The molecular weight excluding hydrogens is 459 g/mol. The van der Waals surface area contributed by atoms with Crippen LogP contribution in [-0.2, 0) is 20.0 Å². The van der Waals surface area contributed by atoms with Crippen molar-refractivity contribution in [1.82, 2.24) is 0 Å². The van der Waals surface area contributed by atoms with Crippen LogP contribution in [0.4, 0.5) is 11.4 Å². The molecule has 2 N–H and O–H groups in total. The van der Waals surface area contributed by atoms with Crippen molar-refractivity contribution in [1.29, 1.82) is 0 Å². The van der Waals surface area contributed by atoms with Gasteiger partial charge >= 0.3 is 51.4 Å². The molecule has 0 atom stereocenters. The van der Waals surface area contributed by atoms with E-state index in [1.54, 1.807) is 18.2 Å². The Morgan fingerprint density at radius 1 is 0.900 bits per heavy atom. The molecule has 0 amide bonds. The quantitative estimate of drug-likeness (QED) is 0.280. The van der Waals surface area contributed by atoms with Crippen LogP contribution in [0.3, 0.4) is 0 Å². The van der Waals surface area contributed by atoms with Crippen LogP contribution in [0.2, 0.25) is 0 Å². The maximum atomic E-state index is 11.9. The second-order valence-electron chi connectivity index (χ2n) is 5.98. The van der Waals surface area contributed by atoms with Crippen LogP contribution < -0.4 is 51.4 Å². The van der Waals surface area contributed by atoms with Gasteiger partial charge in [-0.2, -0.15) is 5.11 Å². The first kappa shape index (κ1) is 25.0. The van der Waals surface area contributed by atoms with Gasteiger partial charge in [0.1, 0.15) is 15.9 Å². The van der Waals surface area contributed by atoms with Crippen molar-refractivity contribution in [2.45, 2.75) is 9.79 Å². The Labute approximate surface area is 215 Å². The van der Waals surface area contributed by atoms with Crippen molar-refractivity contribution in [2.75, 3.05) is 12.4 Å². The number of nitrogens with zero attached hydrogens (tertiary/aromatic N) is 2. The third kappa shape index (κ3) is 5.52. The first-order chi connectivity index (χ1) is 13.6. The van der Waals surface area contributed by atoms with Gasteiger partial charge in [-0.3, -0.25) is 0 Å². The first-order valence-corrected chi connectivity index (χ1v) is 11.3. The molecular formula is C18H15KN2O7S2. The fraction of sp³-hybridized carbons (Fsp3) is 0.111. The molecule has 30 heavy (non-hydrogen) atoms. The van der Waals surface area contributed by atoms with E-state index >= 15 is 0 Å². The Morgan fingerprint density at radius 2 is 1.50 bits per heavy atom. The number of rotatable bonds is 6. The number of benzene rings is 3. The molecule has 0 saturated heterocycles. The van der Waals surface area contributed by atoms with E-state index in [-0.39, 0.29) is 73.0 Å². The number of aliphatic hydroxyl groups is 1. The summed E-state index contributed by atoms with van der Waals surface area (Å²) >= 11 is 0. The molecule has 0 saturated carbocycles. The summed E-state index contributed by atoms with van der Waals surface area (Å²) < 4.78 is 58.2. The molecule has 0 heterocycles. The van der Waals surface area contributed by atoms with Gasteiger partial charge in [-0.05, 0) is 30.3 Å². The Kier molecular flexibility index (Phi) is 8.29. The molecule has 0 spiro atoms. The maximum Gasteiger partial charge on any atom is 1.00 e. The summed E-state index contributed by atoms with van der Waals surface area (Å²) in [6, 6.07) is 12.6. The van der Waals surface area contributed by atoms with Crippen LogP contribution in [0.5, 0.6) is 5.75 Å². The van der Waals surface area contributed by atoms with Crippen LogP contribution in [0.1, 0.15) is 0 Å². The Balaban J connectivity index is 0.00000320. The average molecular weight is 475 g/mol. The third-order valence-electron chi connectivity index (χ3n) is 4.06. The molecule has 0 fully saturated rings. The molecule has 0 radical (unpaired) electrons. The van der Waals surface area contributed by atoms with E-state index in [0.717, 1.165) is 6.07 Å². The van der Waals surface area contributed by atoms with Gasteiger partial charge in [0, 0.05) is 10.8 Å². The molecule has 0 aliphatic rings. The normalized spacial score (nSPS) is 12.2. The number of phenolic OH excluding ortho intramolecular Hbond substituents is 1. The Bertz CT molecular complexity index is 1310. The van der Waals surface area contributed by atoms with E-state index in [2.05, 4.69) is 10.2 Å². The van der Waals surface area contributed by atoms with E-state index in [4.69, 9.17) is 5.11 Å². The molecule has 0 aliphatic heterocycles. The van der Waals surface area contributed by atoms with Crippen LogP contribution in [0.15, 0.2) is 74.6 Å². The van der Waals surface area contributed by atoms with Gasteiger partial charge in [0.15, 0.2) is 9.84 Å². The molecule has 0 aromatic heterocycles. The topological polar surface area (TPSA) is 157 Å². The van der Waals surface area contributed by atoms with Crippen LogP contribution in [0.25, 0.3) is 10.8 Å². The van der Waals surface area contributed by atoms with E-state index in [9.17, 15) is 26.5 Å². The summed E-state index contributed by atoms with van der Waals surface area (Å²) in [6.45, 7) is -0.497. The van der Waals surface area contributed by atoms with Crippen LogP contribution in [-0.4, -0.2) is 44.0 Å². The largest absolute Gasteiger partial charge is 1.00 e. The minimum atomic E-state index is -4.95. The first-order valence-electron chi connectivity index (χ1n) is 8.19. The molecule has 9 nitrogen and oxygen atoms in total. The van der Waals surface area contributed by atoms with Crippen molar-refractivity contribution in [3.05, 3.63) is 54.6 Å². The third-order valence-corrected chi connectivity index (χ3v) is 6.62. The summed E-state index contributed by atoms with van der Waals surface area (Å²) in [5.41, 5.74) is 0.321. The summed E-state index contributed by atoms with van der Waals surface area (Å²) in [5.74, 6) is -1.06. The molecule has 0 aliphatic carbocycles.